The van der Waals surface area contributed by atoms with Gasteiger partial charge in [-0.2, -0.15) is 5.10 Å². The number of thiophene rings is 1. The number of aliphatic hydroxyl groups is 1. The van der Waals surface area contributed by atoms with Crippen LogP contribution in [-0.2, 0) is 4.74 Å². The maximum atomic E-state index is 10.6. The number of nitrogens with two attached hydrogens (primary N) is 1. The third-order valence-corrected chi connectivity index (χ3v) is 5.44. The first-order valence-electron chi connectivity index (χ1n) is 6.85. The number of anilines is 1. The molecular formula is C14H20N4O2S. The molecule has 0 amide bonds. The number of hydrogen-bond acceptors (Lipinski definition) is 7. The minimum Gasteiger partial charge on any atom is -0.397 e. The van der Waals surface area contributed by atoms with Gasteiger partial charge in [0.1, 0.15) is 11.1 Å². The van der Waals surface area contributed by atoms with Crippen LogP contribution >= 0.6 is 11.3 Å². The van der Waals surface area contributed by atoms with Crippen LogP contribution in [0.15, 0.2) is 0 Å². The normalized spacial score (nSPS) is 19.7. The van der Waals surface area contributed by atoms with Gasteiger partial charge in [-0.25, -0.2) is 0 Å². The predicted molar refractivity (Wildman–Crippen MR) is 83.2 cm³/mol. The highest BCUT2D eigenvalue weighted by Gasteiger charge is 2.43. The van der Waals surface area contributed by atoms with Crippen molar-refractivity contribution in [1.82, 2.24) is 15.1 Å². The van der Waals surface area contributed by atoms with Crippen molar-refractivity contribution >= 4 is 27.2 Å². The van der Waals surface area contributed by atoms with Crippen molar-refractivity contribution in [3.05, 3.63) is 16.1 Å². The Morgan fingerprint density at radius 3 is 2.67 bits per heavy atom. The summed E-state index contributed by atoms with van der Waals surface area (Å²) in [7, 11) is 1.69. The quantitative estimate of drug-likeness (QED) is 0.896. The Kier molecular flexibility index (Phi) is 3.40. The van der Waals surface area contributed by atoms with Crippen LogP contribution in [0.2, 0.25) is 0 Å². The number of fused-ring (bicyclic) bond motifs is 1. The van der Waals surface area contributed by atoms with E-state index in [-0.39, 0.29) is 5.60 Å². The van der Waals surface area contributed by atoms with Crippen LogP contribution in [0.25, 0.3) is 10.2 Å². The zero-order valence-corrected chi connectivity index (χ0v) is 13.5. The van der Waals surface area contributed by atoms with Gasteiger partial charge in [0.05, 0.1) is 21.9 Å². The van der Waals surface area contributed by atoms with E-state index in [1.54, 1.807) is 7.11 Å². The highest BCUT2D eigenvalue weighted by atomic mass is 32.1. The molecule has 1 unspecified atom stereocenters. The van der Waals surface area contributed by atoms with Crippen molar-refractivity contribution in [1.29, 1.82) is 0 Å². The fourth-order valence-electron chi connectivity index (χ4n) is 2.73. The molecule has 0 radical (unpaired) electrons. The SMILES string of the molecule is COC1(C)CN(C(O)c2sc3nnc(C)c(C)c3c2N)C1. The molecule has 1 aliphatic rings. The number of ether oxygens (including phenoxy) is 1. The molecule has 21 heavy (non-hydrogen) atoms. The van der Waals surface area contributed by atoms with E-state index >= 15 is 0 Å². The van der Waals surface area contributed by atoms with Crippen molar-refractivity contribution in [2.75, 3.05) is 25.9 Å². The topological polar surface area (TPSA) is 84.5 Å². The lowest BCUT2D eigenvalue weighted by molar-refractivity contribution is -0.167. The molecule has 3 rings (SSSR count). The molecule has 1 aliphatic heterocycles. The number of methoxy groups -OCH3 is 1. The van der Waals surface area contributed by atoms with Crippen molar-refractivity contribution in [3.8, 4) is 0 Å². The maximum Gasteiger partial charge on any atom is 0.148 e. The monoisotopic (exact) mass is 308 g/mol. The van der Waals surface area contributed by atoms with Crippen molar-refractivity contribution < 1.29 is 9.84 Å². The summed E-state index contributed by atoms with van der Waals surface area (Å²) in [5.74, 6) is 0. The summed E-state index contributed by atoms with van der Waals surface area (Å²) >= 11 is 1.41. The second-order valence-electron chi connectivity index (χ2n) is 5.90. The molecule has 2 aromatic heterocycles. The van der Waals surface area contributed by atoms with E-state index in [4.69, 9.17) is 10.5 Å². The molecule has 0 saturated carbocycles. The number of nitrogen functional groups attached to an aromatic ring is 1. The van der Waals surface area contributed by atoms with E-state index in [0.29, 0.717) is 18.8 Å². The third-order valence-electron chi connectivity index (χ3n) is 4.31. The summed E-state index contributed by atoms with van der Waals surface area (Å²) in [5, 5.41) is 19.8. The number of aliphatic hydroxyl groups excluding tert-OH is 1. The Hall–Kier alpha value is -1.28. The van der Waals surface area contributed by atoms with Gasteiger partial charge in [0.25, 0.3) is 0 Å². The molecule has 3 heterocycles. The molecule has 0 spiro atoms. The number of nitrogens with zero attached hydrogens (tertiary/aromatic N) is 3. The number of aromatic nitrogens is 2. The number of hydrogen-bond donors (Lipinski definition) is 2. The largest absolute Gasteiger partial charge is 0.397 e. The van der Waals surface area contributed by atoms with E-state index in [2.05, 4.69) is 10.2 Å². The van der Waals surface area contributed by atoms with Gasteiger partial charge < -0.3 is 15.6 Å². The van der Waals surface area contributed by atoms with Gasteiger partial charge >= 0.3 is 0 Å². The zero-order valence-electron chi connectivity index (χ0n) is 12.7. The number of aryl methyl sites for hydroxylation is 2. The lowest BCUT2D eigenvalue weighted by atomic mass is 9.96. The molecule has 6 nitrogen and oxygen atoms in total. The fourth-order valence-corrected chi connectivity index (χ4v) is 3.85. The fraction of sp³-hybridized carbons (Fsp3) is 0.571. The third kappa shape index (κ3) is 2.20. The average molecular weight is 308 g/mol. The van der Waals surface area contributed by atoms with E-state index < -0.39 is 6.23 Å². The first-order chi connectivity index (χ1) is 9.86. The van der Waals surface area contributed by atoms with Gasteiger partial charge in [-0.05, 0) is 26.3 Å². The Balaban J connectivity index is 1.95. The summed E-state index contributed by atoms with van der Waals surface area (Å²) in [4.78, 5) is 3.46. The van der Waals surface area contributed by atoms with Crippen LogP contribution in [0.1, 0.15) is 29.3 Å². The van der Waals surface area contributed by atoms with E-state index in [0.717, 1.165) is 26.4 Å². The molecular weight excluding hydrogens is 288 g/mol. The van der Waals surface area contributed by atoms with Crippen LogP contribution in [0.4, 0.5) is 5.69 Å². The van der Waals surface area contributed by atoms with Crippen molar-refractivity contribution in [2.24, 2.45) is 0 Å². The van der Waals surface area contributed by atoms with E-state index in [9.17, 15) is 5.11 Å². The van der Waals surface area contributed by atoms with E-state index in [1.807, 2.05) is 25.7 Å². The number of rotatable bonds is 3. The number of likely N-dealkylation sites (tertiary alicyclic amines) is 1. The van der Waals surface area contributed by atoms with Crippen LogP contribution in [0.5, 0.6) is 0 Å². The summed E-state index contributed by atoms with van der Waals surface area (Å²) in [6.07, 6.45) is -0.716. The van der Waals surface area contributed by atoms with Gasteiger partial charge in [0.2, 0.25) is 0 Å². The molecule has 0 aliphatic carbocycles. The van der Waals surface area contributed by atoms with Crippen molar-refractivity contribution in [3.63, 3.8) is 0 Å². The van der Waals surface area contributed by atoms with Crippen LogP contribution in [0.3, 0.4) is 0 Å². The first-order valence-corrected chi connectivity index (χ1v) is 7.67. The van der Waals surface area contributed by atoms with Gasteiger partial charge in [0, 0.05) is 25.6 Å². The molecule has 2 aromatic rings. The van der Waals surface area contributed by atoms with Gasteiger partial charge in [-0.3, -0.25) is 4.90 Å². The smallest absolute Gasteiger partial charge is 0.148 e. The minimum atomic E-state index is -0.716. The standard InChI is InChI=1S/C14H20N4O2S/c1-7-8(2)16-17-12-9(7)10(15)11(21-12)13(19)18-5-14(3,6-18)20-4/h13,19H,5-6,15H2,1-4H3. The lowest BCUT2D eigenvalue weighted by Crippen LogP contribution is -2.61. The van der Waals surface area contributed by atoms with Gasteiger partial charge in [-0.15, -0.1) is 16.4 Å². The maximum absolute atomic E-state index is 10.6. The highest BCUT2D eigenvalue weighted by molar-refractivity contribution is 7.19. The molecule has 114 valence electrons. The second kappa shape index (κ2) is 4.88. The molecule has 0 aromatic carbocycles. The predicted octanol–water partition coefficient (Wildman–Crippen LogP) is 1.60. The molecule has 7 heteroatoms. The lowest BCUT2D eigenvalue weighted by Gasteiger charge is -2.48. The molecule has 3 N–H and O–H groups in total. The Morgan fingerprint density at radius 1 is 1.38 bits per heavy atom. The Bertz CT molecular complexity index is 694. The highest BCUT2D eigenvalue weighted by Crippen LogP contribution is 2.41. The zero-order chi connectivity index (χ0) is 15.4. The van der Waals surface area contributed by atoms with Gasteiger partial charge in [0.15, 0.2) is 0 Å². The summed E-state index contributed by atoms with van der Waals surface area (Å²) < 4.78 is 5.41. The minimum absolute atomic E-state index is 0.182. The first kappa shape index (κ1) is 14.6. The Labute approximate surface area is 127 Å². The van der Waals surface area contributed by atoms with Crippen LogP contribution in [0, 0.1) is 13.8 Å². The molecule has 1 atom stereocenters. The molecule has 1 saturated heterocycles. The second-order valence-corrected chi connectivity index (χ2v) is 6.93. The van der Waals surface area contributed by atoms with E-state index in [1.165, 1.54) is 11.3 Å². The molecule has 1 fully saturated rings. The molecule has 0 bridgehead atoms. The van der Waals surface area contributed by atoms with Crippen LogP contribution < -0.4 is 5.73 Å². The average Bonchev–Trinajstić information content (AvgIpc) is 2.76. The Morgan fingerprint density at radius 2 is 2.05 bits per heavy atom. The van der Waals surface area contributed by atoms with Crippen LogP contribution in [-0.4, -0.2) is 46.0 Å². The summed E-state index contributed by atoms with van der Waals surface area (Å²) in [6, 6.07) is 0. The van der Waals surface area contributed by atoms with Gasteiger partial charge in [-0.1, -0.05) is 0 Å². The summed E-state index contributed by atoms with van der Waals surface area (Å²) in [5.41, 5.74) is 8.57. The van der Waals surface area contributed by atoms with Crippen molar-refractivity contribution in [2.45, 2.75) is 32.6 Å². The summed E-state index contributed by atoms with van der Waals surface area (Å²) in [6.45, 7) is 7.29.